The van der Waals surface area contributed by atoms with Gasteiger partial charge in [-0.3, -0.25) is 0 Å². The highest BCUT2D eigenvalue weighted by molar-refractivity contribution is 5.62. The van der Waals surface area contributed by atoms with Crippen molar-refractivity contribution >= 4 is 0 Å². The fourth-order valence-corrected chi connectivity index (χ4v) is 1.94. The summed E-state index contributed by atoms with van der Waals surface area (Å²) in [4.78, 5) is 0. The third kappa shape index (κ3) is 2.53. The van der Waals surface area contributed by atoms with Crippen molar-refractivity contribution in [1.82, 2.24) is 4.57 Å². The Bertz CT molecular complexity index is 651. The molecule has 0 aliphatic carbocycles. The fourth-order valence-electron chi connectivity index (χ4n) is 1.94. The van der Waals surface area contributed by atoms with Crippen molar-refractivity contribution in [3.8, 4) is 17.3 Å². The summed E-state index contributed by atoms with van der Waals surface area (Å²) < 4.78 is 38.8. The Kier molecular flexibility index (Phi) is 3.55. The third-order valence-electron chi connectivity index (χ3n) is 3.07. The summed E-state index contributed by atoms with van der Waals surface area (Å²) in [6, 6.07) is 10.8. The highest BCUT2D eigenvalue weighted by Crippen LogP contribution is 2.33. The lowest BCUT2D eigenvalue weighted by molar-refractivity contribution is -0.206. The maximum absolute atomic E-state index is 12.4. The quantitative estimate of drug-likeness (QED) is 0.918. The first kappa shape index (κ1) is 14.2. The second kappa shape index (κ2) is 5.02. The summed E-state index contributed by atoms with van der Waals surface area (Å²) in [6.07, 6.45) is -7.17. The standard InChI is InChI=1S/C14H11F3N2O/c1-19-11(8-18)6-7-12(19)9-2-4-10(5-3-9)13(20)14(15,16)17/h2-7,13,20H,1H3. The van der Waals surface area contributed by atoms with Crippen molar-refractivity contribution in [2.75, 3.05) is 0 Å². The minimum atomic E-state index is -4.68. The van der Waals surface area contributed by atoms with Gasteiger partial charge >= 0.3 is 6.18 Å². The van der Waals surface area contributed by atoms with Crippen LogP contribution in [0.1, 0.15) is 17.4 Å². The normalized spacial score (nSPS) is 13.0. The highest BCUT2D eigenvalue weighted by Gasteiger charge is 2.39. The van der Waals surface area contributed by atoms with Crippen LogP contribution in [0.2, 0.25) is 0 Å². The van der Waals surface area contributed by atoms with E-state index in [1.54, 1.807) is 23.7 Å². The summed E-state index contributed by atoms with van der Waals surface area (Å²) in [5.41, 5.74) is 1.64. The number of alkyl halides is 3. The average molecular weight is 280 g/mol. The van der Waals surface area contributed by atoms with E-state index in [0.717, 1.165) is 5.69 Å². The van der Waals surface area contributed by atoms with E-state index in [2.05, 4.69) is 0 Å². The fraction of sp³-hybridized carbons (Fsp3) is 0.214. The van der Waals surface area contributed by atoms with Crippen LogP contribution in [-0.2, 0) is 7.05 Å². The van der Waals surface area contributed by atoms with Gasteiger partial charge in [-0.05, 0) is 23.3 Å². The predicted molar refractivity (Wildman–Crippen MR) is 66.6 cm³/mol. The van der Waals surface area contributed by atoms with Gasteiger partial charge in [0, 0.05) is 12.7 Å². The molecular formula is C14H11F3N2O. The summed E-state index contributed by atoms with van der Waals surface area (Å²) in [5, 5.41) is 18.0. The van der Waals surface area contributed by atoms with E-state index < -0.39 is 12.3 Å². The minimum Gasteiger partial charge on any atom is -0.379 e. The van der Waals surface area contributed by atoms with Gasteiger partial charge in [0.2, 0.25) is 0 Å². The first-order valence-corrected chi connectivity index (χ1v) is 5.75. The zero-order valence-corrected chi connectivity index (χ0v) is 10.5. The predicted octanol–water partition coefficient (Wildman–Crippen LogP) is 3.16. The SMILES string of the molecule is Cn1c(C#N)ccc1-c1ccc(C(O)C(F)(F)F)cc1. The molecule has 2 rings (SSSR count). The zero-order valence-electron chi connectivity index (χ0n) is 10.5. The van der Waals surface area contributed by atoms with Gasteiger partial charge in [-0.15, -0.1) is 0 Å². The smallest absolute Gasteiger partial charge is 0.379 e. The molecule has 0 fully saturated rings. The van der Waals surface area contributed by atoms with E-state index in [1.165, 1.54) is 24.3 Å². The molecule has 1 N–H and O–H groups in total. The van der Waals surface area contributed by atoms with Gasteiger partial charge in [0.1, 0.15) is 11.8 Å². The molecule has 0 aliphatic heterocycles. The van der Waals surface area contributed by atoms with Crippen molar-refractivity contribution in [3.05, 3.63) is 47.7 Å². The number of hydrogen-bond donors (Lipinski definition) is 1. The maximum Gasteiger partial charge on any atom is 0.418 e. The molecule has 1 atom stereocenters. The second-order valence-corrected chi connectivity index (χ2v) is 4.34. The average Bonchev–Trinajstić information content (AvgIpc) is 2.78. The summed E-state index contributed by atoms with van der Waals surface area (Å²) in [6.45, 7) is 0. The van der Waals surface area contributed by atoms with Gasteiger partial charge in [-0.2, -0.15) is 18.4 Å². The van der Waals surface area contributed by atoms with Crippen LogP contribution in [-0.4, -0.2) is 15.8 Å². The molecule has 0 bridgehead atoms. The van der Waals surface area contributed by atoms with E-state index in [4.69, 9.17) is 10.4 Å². The molecule has 0 aliphatic rings. The van der Waals surface area contributed by atoms with Gasteiger partial charge < -0.3 is 9.67 Å². The largest absolute Gasteiger partial charge is 0.418 e. The van der Waals surface area contributed by atoms with Crippen molar-refractivity contribution in [2.24, 2.45) is 7.05 Å². The van der Waals surface area contributed by atoms with Crippen molar-refractivity contribution < 1.29 is 18.3 Å². The van der Waals surface area contributed by atoms with Crippen molar-refractivity contribution in [2.45, 2.75) is 12.3 Å². The van der Waals surface area contributed by atoms with E-state index in [9.17, 15) is 13.2 Å². The molecule has 6 heteroatoms. The summed E-state index contributed by atoms with van der Waals surface area (Å²) >= 11 is 0. The van der Waals surface area contributed by atoms with Gasteiger partial charge in [0.25, 0.3) is 0 Å². The Labute approximate surface area is 113 Å². The van der Waals surface area contributed by atoms with Gasteiger partial charge in [0.05, 0.1) is 0 Å². The van der Waals surface area contributed by atoms with Crippen LogP contribution in [0.25, 0.3) is 11.3 Å². The molecule has 0 radical (unpaired) electrons. The van der Waals surface area contributed by atoms with Gasteiger partial charge in [0.15, 0.2) is 6.10 Å². The number of hydrogen-bond acceptors (Lipinski definition) is 2. The van der Waals surface area contributed by atoms with Crippen LogP contribution in [0.5, 0.6) is 0 Å². The lowest BCUT2D eigenvalue weighted by Gasteiger charge is -2.15. The van der Waals surface area contributed by atoms with Crippen molar-refractivity contribution in [1.29, 1.82) is 5.26 Å². The van der Waals surface area contributed by atoms with Crippen LogP contribution in [0.4, 0.5) is 13.2 Å². The Hall–Kier alpha value is -2.26. The first-order valence-electron chi connectivity index (χ1n) is 5.75. The first-order chi connectivity index (χ1) is 9.34. The lowest BCUT2D eigenvalue weighted by Crippen LogP contribution is -2.20. The highest BCUT2D eigenvalue weighted by atomic mass is 19.4. The molecule has 20 heavy (non-hydrogen) atoms. The number of benzene rings is 1. The lowest BCUT2D eigenvalue weighted by atomic mass is 10.1. The third-order valence-corrected chi connectivity index (χ3v) is 3.07. The molecule has 0 spiro atoms. The monoisotopic (exact) mass is 280 g/mol. The number of nitriles is 1. The number of aliphatic hydroxyl groups is 1. The molecule has 0 saturated heterocycles. The van der Waals surface area contributed by atoms with E-state index >= 15 is 0 Å². The van der Waals surface area contributed by atoms with Gasteiger partial charge in [-0.1, -0.05) is 24.3 Å². The Balaban J connectivity index is 2.33. The molecular weight excluding hydrogens is 269 g/mol. The number of aromatic nitrogens is 1. The van der Waals surface area contributed by atoms with Crippen LogP contribution in [0, 0.1) is 11.3 Å². The maximum atomic E-state index is 12.4. The molecule has 104 valence electrons. The van der Waals surface area contributed by atoms with Crippen molar-refractivity contribution in [3.63, 3.8) is 0 Å². The number of halogens is 3. The van der Waals surface area contributed by atoms with Crippen LogP contribution in [0.3, 0.4) is 0 Å². The summed E-state index contributed by atoms with van der Waals surface area (Å²) in [7, 11) is 1.70. The Morgan fingerprint density at radius 2 is 1.75 bits per heavy atom. The van der Waals surface area contributed by atoms with Crippen LogP contribution >= 0.6 is 0 Å². The molecule has 0 saturated carbocycles. The van der Waals surface area contributed by atoms with E-state index in [-0.39, 0.29) is 5.56 Å². The Morgan fingerprint density at radius 3 is 2.20 bits per heavy atom. The number of nitrogens with zero attached hydrogens (tertiary/aromatic N) is 2. The molecule has 1 aromatic carbocycles. The minimum absolute atomic E-state index is 0.212. The zero-order chi connectivity index (χ0) is 14.9. The second-order valence-electron chi connectivity index (χ2n) is 4.34. The Morgan fingerprint density at radius 1 is 1.15 bits per heavy atom. The topological polar surface area (TPSA) is 49.0 Å². The molecule has 0 amide bonds. The van der Waals surface area contributed by atoms with E-state index in [0.29, 0.717) is 11.3 Å². The van der Waals surface area contributed by atoms with E-state index in [1.807, 2.05) is 6.07 Å². The summed E-state index contributed by atoms with van der Waals surface area (Å²) in [5.74, 6) is 0. The van der Waals surface area contributed by atoms with Gasteiger partial charge in [-0.25, -0.2) is 0 Å². The molecule has 2 aromatic rings. The number of aliphatic hydroxyl groups excluding tert-OH is 1. The van der Waals surface area contributed by atoms with Crippen LogP contribution in [0.15, 0.2) is 36.4 Å². The number of rotatable bonds is 2. The molecule has 1 heterocycles. The molecule has 1 unspecified atom stereocenters. The van der Waals surface area contributed by atoms with Crippen LogP contribution < -0.4 is 0 Å². The molecule has 3 nitrogen and oxygen atoms in total. The molecule has 1 aromatic heterocycles.